The number of rotatable bonds is 3. The maximum absolute atomic E-state index is 12.8. The van der Waals surface area contributed by atoms with E-state index in [-0.39, 0.29) is 16.1 Å². The lowest BCUT2D eigenvalue weighted by molar-refractivity contribution is -0.131. The van der Waals surface area contributed by atoms with Gasteiger partial charge in [-0.05, 0) is 47.4 Å². The highest BCUT2D eigenvalue weighted by molar-refractivity contribution is 8.31. The number of sulfone groups is 2. The minimum absolute atomic E-state index is 0.0829. The molecule has 0 saturated heterocycles. The molecule has 2 rings (SSSR count). The number of esters is 1. The van der Waals surface area contributed by atoms with Crippen molar-refractivity contribution >= 4 is 30.0 Å². The zero-order valence-electron chi connectivity index (χ0n) is 16.3. The Kier molecular flexibility index (Phi) is 6.13. The lowest BCUT2D eigenvalue weighted by Gasteiger charge is -2.18. The fourth-order valence-electron chi connectivity index (χ4n) is 2.44. The molecule has 0 aromatic heterocycles. The van der Waals surface area contributed by atoms with E-state index in [2.05, 4.69) is 4.79 Å². The summed E-state index contributed by atoms with van der Waals surface area (Å²) in [7, 11) is -9.29. The Morgan fingerprint density at radius 1 is 0.862 bits per heavy atom. The van der Waals surface area contributed by atoms with Gasteiger partial charge in [-0.25, -0.2) is 16.8 Å². The molecule has 0 N–H and O–H groups in total. The van der Waals surface area contributed by atoms with Crippen molar-refractivity contribution in [2.24, 2.45) is 0 Å². The predicted octanol–water partition coefficient (Wildman–Crippen LogP) is 2.74. The van der Waals surface area contributed by atoms with Crippen LogP contribution in [0.5, 0.6) is 5.75 Å². The van der Waals surface area contributed by atoms with Crippen LogP contribution in [0.2, 0.25) is 0 Å². The van der Waals surface area contributed by atoms with Gasteiger partial charge in [0.15, 0.2) is 0 Å². The summed E-state index contributed by atoms with van der Waals surface area (Å²) in [6.45, 7) is 7.02. The zero-order valence-corrected chi connectivity index (χ0v) is 17.9. The maximum Gasteiger partial charge on any atom is 0.504 e. The number of benzene rings is 2. The SMILES string of the molecule is CC(=O)Oc1ccc(S(=O)(=O)C(=[N+]=[N-])S(=O)(=O)c2ccc(C(C)(C)C)cc2)cc1. The number of hydrogen-bond acceptors (Lipinski definition) is 6. The average molecular weight is 437 g/mol. The van der Waals surface area contributed by atoms with Crippen LogP contribution in [0.4, 0.5) is 0 Å². The van der Waals surface area contributed by atoms with Gasteiger partial charge in [0.25, 0.3) is 19.7 Å². The van der Waals surface area contributed by atoms with Gasteiger partial charge in [0.1, 0.15) is 5.75 Å². The first-order valence-electron chi connectivity index (χ1n) is 8.41. The van der Waals surface area contributed by atoms with E-state index in [1.54, 1.807) is 12.1 Å². The Balaban J connectivity index is 2.48. The second-order valence-electron chi connectivity index (χ2n) is 7.21. The van der Waals surface area contributed by atoms with E-state index < -0.39 is 34.9 Å². The Morgan fingerprint density at radius 2 is 1.28 bits per heavy atom. The second kappa shape index (κ2) is 7.90. The minimum atomic E-state index is -4.67. The van der Waals surface area contributed by atoms with Crippen molar-refractivity contribution in [1.29, 1.82) is 0 Å². The third-order valence-corrected chi connectivity index (χ3v) is 8.15. The summed E-state index contributed by atoms with van der Waals surface area (Å²) in [5, 5.41) is 0. The van der Waals surface area contributed by atoms with Gasteiger partial charge in [0.2, 0.25) is 0 Å². The van der Waals surface area contributed by atoms with Crippen molar-refractivity contribution < 1.29 is 31.2 Å². The smallest absolute Gasteiger partial charge is 0.427 e. The largest absolute Gasteiger partial charge is 0.504 e. The van der Waals surface area contributed by atoms with Gasteiger partial charge in [-0.2, -0.15) is 0 Å². The van der Waals surface area contributed by atoms with Gasteiger partial charge < -0.3 is 10.3 Å². The van der Waals surface area contributed by atoms with Crippen molar-refractivity contribution in [3.8, 4) is 5.75 Å². The number of nitrogens with zero attached hydrogens (tertiary/aromatic N) is 2. The molecule has 0 heterocycles. The normalized spacial score (nSPS) is 12.1. The number of hydrogen-bond donors (Lipinski definition) is 0. The Hall–Kier alpha value is -2.81. The summed E-state index contributed by atoms with van der Waals surface area (Å²) in [4.78, 5) is 12.8. The minimum Gasteiger partial charge on any atom is -0.427 e. The monoisotopic (exact) mass is 436 g/mol. The summed E-state index contributed by atoms with van der Waals surface area (Å²) < 4.78 is 54.6. The first-order chi connectivity index (χ1) is 13.3. The van der Waals surface area contributed by atoms with Crippen LogP contribution in [0.25, 0.3) is 5.53 Å². The van der Waals surface area contributed by atoms with Crippen LogP contribution in [0.1, 0.15) is 33.3 Å². The standard InChI is InChI=1S/C19H20N2O6S2/c1-13(22)27-15-7-11-17(12-8-15)29(25,26)18(21-20)28(23,24)16-9-5-14(6-10-16)19(2,3)4/h5-12H,1-4H3. The molecule has 0 fully saturated rings. The molecule has 0 spiro atoms. The van der Waals surface area contributed by atoms with E-state index in [9.17, 15) is 27.2 Å². The summed E-state index contributed by atoms with van der Waals surface area (Å²) >= 11 is 0. The van der Waals surface area contributed by atoms with Gasteiger partial charge in [-0.15, -0.1) is 4.79 Å². The highest BCUT2D eigenvalue weighted by Gasteiger charge is 2.44. The van der Waals surface area contributed by atoms with Crippen LogP contribution in [-0.4, -0.2) is 32.0 Å². The molecular formula is C19H20N2O6S2. The van der Waals surface area contributed by atoms with E-state index in [1.807, 2.05) is 20.8 Å². The molecule has 10 heteroatoms. The predicted molar refractivity (Wildman–Crippen MR) is 106 cm³/mol. The van der Waals surface area contributed by atoms with Crippen molar-refractivity contribution in [3.63, 3.8) is 0 Å². The molecule has 0 aliphatic rings. The third kappa shape index (κ3) is 4.79. The molecular weight excluding hydrogens is 416 g/mol. The summed E-state index contributed by atoms with van der Waals surface area (Å²) in [6.07, 6.45) is 0. The molecule has 0 amide bonds. The number of ether oxygens (including phenoxy) is 1. The number of carbonyl (C=O) groups excluding carboxylic acids is 1. The van der Waals surface area contributed by atoms with Gasteiger partial charge in [-0.3, -0.25) is 4.79 Å². The van der Waals surface area contributed by atoms with Gasteiger partial charge in [-0.1, -0.05) is 32.9 Å². The highest BCUT2D eigenvalue weighted by Crippen LogP contribution is 2.26. The van der Waals surface area contributed by atoms with Crippen LogP contribution in [0.15, 0.2) is 58.3 Å². The Labute approximate surface area is 169 Å². The maximum atomic E-state index is 12.8. The van der Waals surface area contributed by atoms with E-state index >= 15 is 0 Å². The second-order valence-corrected chi connectivity index (χ2v) is 11.2. The zero-order chi connectivity index (χ0) is 22.0. The van der Waals surface area contributed by atoms with E-state index in [4.69, 9.17) is 4.74 Å². The van der Waals surface area contributed by atoms with Gasteiger partial charge in [0, 0.05) is 6.92 Å². The van der Waals surface area contributed by atoms with Crippen molar-refractivity contribution in [2.45, 2.75) is 42.9 Å². The van der Waals surface area contributed by atoms with Gasteiger partial charge >= 0.3 is 10.3 Å². The van der Waals surface area contributed by atoms with E-state index in [1.165, 1.54) is 31.2 Å². The van der Waals surface area contributed by atoms with Crippen LogP contribution < -0.4 is 4.74 Å². The van der Waals surface area contributed by atoms with E-state index in [0.717, 1.165) is 17.7 Å². The molecule has 0 unspecified atom stereocenters. The lowest BCUT2D eigenvalue weighted by atomic mass is 9.87. The van der Waals surface area contributed by atoms with Crippen LogP contribution in [0, 0.1) is 0 Å². The lowest BCUT2D eigenvalue weighted by Crippen LogP contribution is -2.26. The Bertz CT molecular complexity index is 1180. The molecule has 0 radical (unpaired) electrons. The third-order valence-electron chi connectivity index (χ3n) is 3.97. The van der Waals surface area contributed by atoms with E-state index in [0.29, 0.717) is 0 Å². The molecule has 8 nitrogen and oxygen atoms in total. The molecule has 0 bridgehead atoms. The fourth-order valence-corrected chi connectivity index (χ4v) is 5.78. The number of carbonyl (C=O) groups is 1. The molecule has 0 saturated carbocycles. The topological polar surface area (TPSA) is 131 Å². The molecule has 29 heavy (non-hydrogen) atoms. The average Bonchev–Trinajstić information content (AvgIpc) is 2.61. The molecule has 154 valence electrons. The summed E-state index contributed by atoms with van der Waals surface area (Å²) in [5.74, 6) is -0.515. The summed E-state index contributed by atoms with van der Waals surface area (Å²) in [6, 6.07) is 10.2. The molecule has 0 aliphatic carbocycles. The molecule has 0 atom stereocenters. The first-order valence-corrected chi connectivity index (χ1v) is 11.4. The van der Waals surface area contributed by atoms with Crippen LogP contribution in [0.3, 0.4) is 0 Å². The van der Waals surface area contributed by atoms with Crippen molar-refractivity contribution in [2.75, 3.05) is 0 Å². The Morgan fingerprint density at radius 3 is 1.62 bits per heavy atom. The van der Waals surface area contributed by atoms with Crippen molar-refractivity contribution in [3.05, 3.63) is 59.6 Å². The van der Waals surface area contributed by atoms with Gasteiger partial charge in [0.05, 0.1) is 9.79 Å². The quantitative estimate of drug-likeness (QED) is 0.182. The fraction of sp³-hybridized carbons (Fsp3) is 0.263. The molecule has 2 aromatic rings. The highest BCUT2D eigenvalue weighted by atomic mass is 32.3. The summed E-state index contributed by atoms with van der Waals surface area (Å²) in [5.41, 5.74) is 9.86. The van der Waals surface area contributed by atoms with Crippen molar-refractivity contribution in [1.82, 2.24) is 0 Å². The van der Waals surface area contributed by atoms with Crippen LogP contribution >= 0.6 is 0 Å². The van der Waals surface area contributed by atoms with Crippen LogP contribution in [-0.2, 0) is 29.9 Å². The molecule has 0 aliphatic heterocycles. The molecule has 2 aromatic carbocycles. The first kappa shape index (κ1) is 22.5.